The zero-order valence-electron chi connectivity index (χ0n) is 9.71. The highest BCUT2D eigenvalue weighted by atomic mass is 15.0. The van der Waals surface area contributed by atoms with Crippen LogP contribution in [0.1, 0.15) is 32.6 Å². The zero-order chi connectivity index (χ0) is 10.9. The van der Waals surface area contributed by atoms with E-state index in [1.54, 1.807) is 0 Å². The van der Waals surface area contributed by atoms with E-state index in [1.165, 1.54) is 25.7 Å². The predicted molar refractivity (Wildman–Crippen MR) is 66.4 cm³/mol. The number of anilines is 2. The molecule has 0 aromatic carbocycles. The standard InChI is InChI=1S/C12H21N3/c1-3-4-5-6-10-14-12-9-7-8-11(13-2)15-12/h7-9H,3-6,10H2,1-2H3,(H2,13,14,15). The number of nitrogens with one attached hydrogen (secondary N) is 2. The van der Waals surface area contributed by atoms with E-state index in [0.717, 1.165) is 18.2 Å². The molecular weight excluding hydrogens is 186 g/mol. The molecule has 15 heavy (non-hydrogen) atoms. The maximum atomic E-state index is 4.39. The van der Waals surface area contributed by atoms with E-state index >= 15 is 0 Å². The van der Waals surface area contributed by atoms with Crippen LogP contribution in [0.2, 0.25) is 0 Å². The molecule has 1 rings (SSSR count). The fourth-order valence-electron chi connectivity index (χ4n) is 1.44. The van der Waals surface area contributed by atoms with Crippen molar-refractivity contribution in [3.63, 3.8) is 0 Å². The SMILES string of the molecule is CCCCCCNc1cccc(NC)n1. The van der Waals surface area contributed by atoms with Crippen molar-refractivity contribution in [3.8, 4) is 0 Å². The van der Waals surface area contributed by atoms with Gasteiger partial charge in [-0.1, -0.05) is 32.3 Å². The smallest absolute Gasteiger partial charge is 0.128 e. The molecule has 0 radical (unpaired) electrons. The molecule has 0 spiro atoms. The molecule has 0 unspecified atom stereocenters. The Hall–Kier alpha value is -1.25. The Bertz CT molecular complexity index is 273. The molecule has 0 amide bonds. The topological polar surface area (TPSA) is 37.0 Å². The first kappa shape index (κ1) is 11.8. The summed E-state index contributed by atoms with van der Waals surface area (Å²) in [6, 6.07) is 5.97. The summed E-state index contributed by atoms with van der Waals surface area (Å²) in [7, 11) is 1.88. The fraction of sp³-hybridized carbons (Fsp3) is 0.583. The van der Waals surface area contributed by atoms with Gasteiger partial charge in [-0.05, 0) is 18.6 Å². The van der Waals surface area contributed by atoms with Crippen LogP contribution in [0.25, 0.3) is 0 Å². The van der Waals surface area contributed by atoms with Gasteiger partial charge in [0.1, 0.15) is 11.6 Å². The molecule has 0 saturated carbocycles. The van der Waals surface area contributed by atoms with Gasteiger partial charge in [-0.15, -0.1) is 0 Å². The summed E-state index contributed by atoms with van der Waals surface area (Å²) in [5.74, 6) is 1.87. The lowest BCUT2D eigenvalue weighted by Gasteiger charge is -2.06. The van der Waals surface area contributed by atoms with E-state index in [9.17, 15) is 0 Å². The fourth-order valence-corrected chi connectivity index (χ4v) is 1.44. The van der Waals surface area contributed by atoms with Crippen molar-refractivity contribution in [2.24, 2.45) is 0 Å². The lowest BCUT2D eigenvalue weighted by atomic mass is 10.2. The number of unbranched alkanes of at least 4 members (excludes halogenated alkanes) is 3. The minimum atomic E-state index is 0.911. The first-order valence-corrected chi connectivity index (χ1v) is 5.75. The monoisotopic (exact) mass is 207 g/mol. The molecule has 1 heterocycles. The minimum Gasteiger partial charge on any atom is -0.373 e. The van der Waals surface area contributed by atoms with Crippen molar-refractivity contribution in [3.05, 3.63) is 18.2 Å². The van der Waals surface area contributed by atoms with Gasteiger partial charge in [0.05, 0.1) is 0 Å². The van der Waals surface area contributed by atoms with Gasteiger partial charge < -0.3 is 10.6 Å². The number of nitrogens with zero attached hydrogens (tertiary/aromatic N) is 1. The van der Waals surface area contributed by atoms with Crippen LogP contribution in [-0.2, 0) is 0 Å². The van der Waals surface area contributed by atoms with Crippen LogP contribution in [0.3, 0.4) is 0 Å². The highest BCUT2D eigenvalue weighted by Gasteiger charge is 1.94. The molecule has 2 N–H and O–H groups in total. The lowest BCUT2D eigenvalue weighted by Crippen LogP contribution is -2.04. The molecule has 3 nitrogen and oxygen atoms in total. The van der Waals surface area contributed by atoms with E-state index in [2.05, 4.69) is 22.5 Å². The van der Waals surface area contributed by atoms with Crippen molar-refractivity contribution in [2.75, 3.05) is 24.2 Å². The Morgan fingerprint density at radius 1 is 1.13 bits per heavy atom. The molecule has 1 aromatic rings. The summed E-state index contributed by atoms with van der Waals surface area (Å²) < 4.78 is 0. The largest absolute Gasteiger partial charge is 0.373 e. The third kappa shape index (κ3) is 4.68. The van der Waals surface area contributed by atoms with Crippen LogP contribution < -0.4 is 10.6 Å². The number of pyridine rings is 1. The van der Waals surface area contributed by atoms with E-state index in [0.29, 0.717) is 0 Å². The van der Waals surface area contributed by atoms with E-state index in [4.69, 9.17) is 0 Å². The number of rotatable bonds is 7. The Morgan fingerprint density at radius 2 is 1.93 bits per heavy atom. The molecular formula is C12H21N3. The maximum Gasteiger partial charge on any atom is 0.128 e. The minimum absolute atomic E-state index is 0.911. The molecule has 0 bridgehead atoms. The van der Waals surface area contributed by atoms with Gasteiger partial charge in [0, 0.05) is 13.6 Å². The van der Waals surface area contributed by atoms with Crippen LogP contribution in [0.4, 0.5) is 11.6 Å². The average Bonchev–Trinajstić information content (AvgIpc) is 2.29. The molecule has 0 aliphatic carbocycles. The van der Waals surface area contributed by atoms with Crippen LogP contribution in [0.15, 0.2) is 18.2 Å². The van der Waals surface area contributed by atoms with Crippen LogP contribution >= 0.6 is 0 Å². The highest BCUT2D eigenvalue weighted by Crippen LogP contribution is 2.08. The Labute approximate surface area is 92.3 Å². The summed E-state index contributed by atoms with van der Waals surface area (Å²) in [5, 5.41) is 6.35. The van der Waals surface area contributed by atoms with Gasteiger partial charge >= 0.3 is 0 Å². The van der Waals surface area contributed by atoms with E-state index < -0.39 is 0 Å². The van der Waals surface area contributed by atoms with Gasteiger partial charge in [0.15, 0.2) is 0 Å². The van der Waals surface area contributed by atoms with Gasteiger partial charge in [-0.3, -0.25) is 0 Å². The number of hydrogen-bond acceptors (Lipinski definition) is 3. The van der Waals surface area contributed by atoms with Gasteiger partial charge in [0.2, 0.25) is 0 Å². The highest BCUT2D eigenvalue weighted by molar-refractivity contribution is 5.44. The van der Waals surface area contributed by atoms with Crippen molar-refractivity contribution in [2.45, 2.75) is 32.6 Å². The second-order valence-corrected chi connectivity index (χ2v) is 3.65. The van der Waals surface area contributed by atoms with Crippen LogP contribution in [0.5, 0.6) is 0 Å². The molecule has 84 valence electrons. The Balaban J connectivity index is 2.24. The molecule has 0 aliphatic rings. The third-order valence-corrected chi connectivity index (χ3v) is 2.34. The first-order valence-electron chi connectivity index (χ1n) is 5.75. The van der Waals surface area contributed by atoms with Gasteiger partial charge in [-0.25, -0.2) is 4.98 Å². The predicted octanol–water partition coefficient (Wildman–Crippen LogP) is 3.12. The second-order valence-electron chi connectivity index (χ2n) is 3.65. The van der Waals surface area contributed by atoms with Crippen LogP contribution in [0, 0.1) is 0 Å². The van der Waals surface area contributed by atoms with Crippen molar-refractivity contribution in [1.82, 2.24) is 4.98 Å². The molecule has 0 fully saturated rings. The molecule has 1 aromatic heterocycles. The lowest BCUT2D eigenvalue weighted by molar-refractivity contribution is 0.684. The quantitative estimate of drug-likeness (QED) is 0.674. The van der Waals surface area contributed by atoms with Gasteiger partial charge in [0.25, 0.3) is 0 Å². The summed E-state index contributed by atoms with van der Waals surface area (Å²) in [6.07, 6.45) is 5.13. The third-order valence-electron chi connectivity index (χ3n) is 2.34. The van der Waals surface area contributed by atoms with Gasteiger partial charge in [-0.2, -0.15) is 0 Å². The Kier molecular flexibility index (Phi) is 5.59. The summed E-state index contributed by atoms with van der Waals surface area (Å²) >= 11 is 0. The Morgan fingerprint density at radius 3 is 2.67 bits per heavy atom. The molecule has 0 atom stereocenters. The number of hydrogen-bond donors (Lipinski definition) is 2. The molecule has 3 heteroatoms. The first-order chi connectivity index (χ1) is 7.36. The summed E-state index contributed by atoms with van der Waals surface area (Å²) in [5.41, 5.74) is 0. The zero-order valence-corrected chi connectivity index (χ0v) is 9.71. The van der Waals surface area contributed by atoms with Crippen molar-refractivity contribution < 1.29 is 0 Å². The normalized spacial score (nSPS) is 10.0. The average molecular weight is 207 g/mol. The second kappa shape index (κ2) is 7.10. The van der Waals surface area contributed by atoms with Crippen molar-refractivity contribution >= 4 is 11.6 Å². The van der Waals surface area contributed by atoms with Crippen LogP contribution in [-0.4, -0.2) is 18.6 Å². The summed E-state index contributed by atoms with van der Waals surface area (Å²) in [4.78, 5) is 4.39. The van der Waals surface area contributed by atoms with E-state index in [-0.39, 0.29) is 0 Å². The maximum absolute atomic E-state index is 4.39. The van der Waals surface area contributed by atoms with Crippen molar-refractivity contribution in [1.29, 1.82) is 0 Å². The summed E-state index contributed by atoms with van der Waals surface area (Å²) in [6.45, 7) is 3.24. The number of aromatic nitrogens is 1. The molecule has 0 saturated heterocycles. The molecule has 0 aliphatic heterocycles. The van der Waals surface area contributed by atoms with E-state index in [1.807, 2.05) is 25.2 Å².